The Balaban J connectivity index is 3.00. The van der Waals surface area contributed by atoms with Crippen molar-refractivity contribution in [3.05, 3.63) is 45.2 Å². The highest BCUT2D eigenvalue weighted by Crippen LogP contribution is 2.01. The number of azide groups is 1. The molecule has 0 bridgehead atoms. The highest BCUT2D eigenvalue weighted by molar-refractivity contribution is 6.16. The first kappa shape index (κ1) is 9.64. The molecule has 13 heavy (non-hydrogen) atoms. The number of alkyl halides is 1. The van der Waals surface area contributed by atoms with Crippen molar-refractivity contribution in [1.82, 2.24) is 0 Å². The van der Waals surface area contributed by atoms with Crippen LogP contribution in [-0.4, -0.2) is 0 Å². The fourth-order valence-electron chi connectivity index (χ4n) is 0.910. The lowest BCUT2D eigenvalue weighted by molar-refractivity contribution is -0.621. The zero-order valence-corrected chi connectivity index (χ0v) is 7.48. The van der Waals surface area contributed by atoms with E-state index in [-0.39, 0.29) is 12.4 Å². The van der Waals surface area contributed by atoms with Gasteiger partial charge >= 0.3 is 0 Å². The molecule has 6 heteroatoms. The molecular formula is C7H7ClN4O. The minimum Gasteiger partial charge on any atom is -0.618 e. The maximum atomic E-state index is 11.4. The third-order valence-corrected chi connectivity index (χ3v) is 1.81. The summed E-state index contributed by atoms with van der Waals surface area (Å²) in [5.41, 5.74) is 8.92. The molecule has 1 aromatic heterocycles. The lowest BCUT2D eigenvalue weighted by Crippen LogP contribution is -2.35. The molecule has 0 aromatic carbocycles. The number of hydrogen-bond acceptors (Lipinski definition) is 2. The first-order chi connectivity index (χ1) is 6.29. The minimum absolute atomic E-state index is 0.0464. The van der Waals surface area contributed by atoms with Gasteiger partial charge in [-0.1, -0.05) is 5.11 Å². The quantitative estimate of drug-likeness (QED) is 0.182. The Labute approximate surface area is 79.8 Å². The Kier molecular flexibility index (Phi) is 3.37. The van der Waals surface area contributed by atoms with E-state index in [0.29, 0.717) is 16.1 Å². The van der Waals surface area contributed by atoms with Gasteiger partial charge in [0.1, 0.15) is 12.4 Å². The van der Waals surface area contributed by atoms with E-state index < -0.39 is 0 Å². The van der Waals surface area contributed by atoms with E-state index in [0.717, 1.165) is 0 Å². The summed E-state index contributed by atoms with van der Waals surface area (Å²) in [4.78, 5) is 2.57. The number of nitrogens with zero attached hydrogens (tertiary/aromatic N) is 4. The van der Waals surface area contributed by atoms with E-state index in [1.165, 1.54) is 0 Å². The van der Waals surface area contributed by atoms with Crippen LogP contribution in [-0.2, 0) is 12.4 Å². The van der Waals surface area contributed by atoms with Gasteiger partial charge in [0, 0.05) is 17.0 Å². The Bertz CT molecular complexity index is 348. The van der Waals surface area contributed by atoms with Crippen LogP contribution in [0.1, 0.15) is 11.4 Å². The first-order valence-corrected chi connectivity index (χ1v) is 4.10. The van der Waals surface area contributed by atoms with E-state index in [9.17, 15) is 5.21 Å². The van der Waals surface area contributed by atoms with Crippen molar-refractivity contribution in [3.63, 3.8) is 0 Å². The summed E-state index contributed by atoms with van der Waals surface area (Å²) in [5.74, 6) is 0.146. The van der Waals surface area contributed by atoms with Crippen molar-refractivity contribution in [1.29, 1.82) is 0 Å². The fourth-order valence-corrected chi connectivity index (χ4v) is 1.11. The summed E-state index contributed by atoms with van der Waals surface area (Å²) in [6.45, 7) is 0.0464. The second-order valence-electron chi connectivity index (χ2n) is 2.33. The van der Waals surface area contributed by atoms with Crippen LogP contribution in [0.5, 0.6) is 0 Å². The number of rotatable bonds is 3. The molecule has 68 valence electrons. The van der Waals surface area contributed by atoms with Crippen molar-refractivity contribution in [2.24, 2.45) is 5.11 Å². The van der Waals surface area contributed by atoms with Crippen LogP contribution in [0.4, 0.5) is 0 Å². The van der Waals surface area contributed by atoms with Crippen LogP contribution in [0.3, 0.4) is 0 Å². The van der Waals surface area contributed by atoms with Gasteiger partial charge in [0.05, 0.1) is 0 Å². The maximum absolute atomic E-state index is 11.4. The van der Waals surface area contributed by atoms with Crippen LogP contribution >= 0.6 is 11.6 Å². The number of halogens is 1. The summed E-state index contributed by atoms with van der Waals surface area (Å²) in [6.07, 6.45) is 0. The van der Waals surface area contributed by atoms with E-state index in [1.807, 2.05) is 0 Å². The highest BCUT2D eigenvalue weighted by Gasteiger charge is 2.07. The molecule has 1 aromatic rings. The lowest BCUT2D eigenvalue weighted by atomic mass is 10.3. The molecule has 0 atom stereocenters. The van der Waals surface area contributed by atoms with Gasteiger partial charge in [0.25, 0.3) is 0 Å². The molecule has 0 spiro atoms. The highest BCUT2D eigenvalue weighted by atomic mass is 35.5. The number of pyridine rings is 1. The molecule has 0 saturated heterocycles. The molecule has 5 nitrogen and oxygen atoms in total. The van der Waals surface area contributed by atoms with E-state index in [1.54, 1.807) is 18.2 Å². The normalized spacial score (nSPS) is 9.31. The van der Waals surface area contributed by atoms with Gasteiger partial charge < -0.3 is 5.21 Å². The largest absolute Gasteiger partial charge is 0.618 e. The summed E-state index contributed by atoms with van der Waals surface area (Å²) in [6, 6.07) is 4.92. The maximum Gasteiger partial charge on any atom is 0.207 e. The van der Waals surface area contributed by atoms with Gasteiger partial charge in [-0.2, -0.15) is 4.73 Å². The molecule has 0 aliphatic heterocycles. The predicted octanol–water partition coefficient (Wildman–Crippen LogP) is 1.87. The third kappa shape index (κ3) is 2.24. The van der Waals surface area contributed by atoms with Gasteiger partial charge in [0.15, 0.2) is 5.69 Å². The Morgan fingerprint density at radius 2 is 2.23 bits per heavy atom. The molecule has 0 radical (unpaired) electrons. The van der Waals surface area contributed by atoms with Gasteiger partial charge in [0.2, 0.25) is 5.69 Å². The molecular weight excluding hydrogens is 192 g/mol. The monoisotopic (exact) mass is 198 g/mol. The SMILES string of the molecule is [N-]=[N+]=NCc1cccc(CCl)[n+]1[O-]. The summed E-state index contributed by atoms with van der Waals surface area (Å²) < 4.78 is 0.682. The summed E-state index contributed by atoms with van der Waals surface area (Å²) >= 11 is 5.51. The zero-order valence-electron chi connectivity index (χ0n) is 6.72. The molecule has 1 rings (SSSR count). The van der Waals surface area contributed by atoms with Crippen molar-refractivity contribution < 1.29 is 4.73 Å². The van der Waals surface area contributed by atoms with Crippen LogP contribution < -0.4 is 4.73 Å². The molecule has 0 aliphatic rings. The van der Waals surface area contributed by atoms with Gasteiger partial charge in [-0.15, -0.1) is 11.6 Å². The zero-order chi connectivity index (χ0) is 9.68. The van der Waals surface area contributed by atoms with Crippen molar-refractivity contribution in [3.8, 4) is 0 Å². The lowest BCUT2D eigenvalue weighted by Gasteiger charge is -2.04. The molecule has 0 amide bonds. The molecule has 0 aliphatic carbocycles. The van der Waals surface area contributed by atoms with Crippen molar-refractivity contribution >= 4 is 11.6 Å². The summed E-state index contributed by atoms with van der Waals surface area (Å²) in [5, 5.41) is 14.6. The second kappa shape index (κ2) is 4.54. The summed E-state index contributed by atoms with van der Waals surface area (Å²) in [7, 11) is 0. The minimum atomic E-state index is 0.0464. The van der Waals surface area contributed by atoms with Gasteiger partial charge in [-0.05, 0) is 11.6 Å². The first-order valence-electron chi connectivity index (χ1n) is 3.56. The Hall–Kier alpha value is -1.45. The van der Waals surface area contributed by atoms with Crippen LogP contribution in [0.2, 0.25) is 0 Å². The Morgan fingerprint density at radius 1 is 1.54 bits per heavy atom. The molecule has 0 saturated carbocycles. The standard InChI is InChI=1S/C7H7ClN4O/c8-4-6-2-1-3-7(12(6)13)5-10-11-9/h1-3H,4-5H2. The average molecular weight is 199 g/mol. The number of hydrogen-bond donors (Lipinski definition) is 0. The van der Waals surface area contributed by atoms with E-state index >= 15 is 0 Å². The second-order valence-corrected chi connectivity index (χ2v) is 2.59. The smallest absolute Gasteiger partial charge is 0.207 e. The third-order valence-electron chi connectivity index (χ3n) is 1.53. The van der Waals surface area contributed by atoms with Crippen LogP contribution in [0.15, 0.2) is 23.3 Å². The predicted molar refractivity (Wildman–Crippen MR) is 47.8 cm³/mol. The Morgan fingerprint density at radius 3 is 2.85 bits per heavy atom. The van der Waals surface area contributed by atoms with E-state index in [4.69, 9.17) is 17.1 Å². The van der Waals surface area contributed by atoms with Crippen LogP contribution in [0.25, 0.3) is 10.4 Å². The molecule has 0 N–H and O–H groups in total. The molecule has 0 fully saturated rings. The van der Waals surface area contributed by atoms with Crippen LogP contribution in [0, 0.1) is 5.21 Å². The van der Waals surface area contributed by atoms with E-state index in [2.05, 4.69) is 10.0 Å². The fraction of sp³-hybridized carbons (Fsp3) is 0.286. The van der Waals surface area contributed by atoms with Crippen molar-refractivity contribution in [2.45, 2.75) is 12.4 Å². The van der Waals surface area contributed by atoms with Gasteiger partial charge in [-0.25, -0.2) is 0 Å². The average Bonchev–Trinajstić information content (AvgIpc) is 2.16. The molecule has 1 heterocycles. The van der Waals surface area contributed by atoms with Gasteiger partial charge in [-0.3, -0.25) is 0 Å². The molecule has 0 unspecified atom stereocenters. The topological polar surface area (TPSA) is 75.7 Å². The number of aromatic nitrogens is 1. The van der Waals surface area contributed by atoms with Crippen molar-refractivity contribution in [2.75, 3.05) is 0 Å².